The number of aromatic amines is 1. The lowest BCUT2D eigenvalue weighted by Gasteiger charge is -2.28. The van der Waals surface area contributed by atoms with Crippen LogP contribution in [0.25, 0.3) is 0 Å². The van der Waals surface area contributed by atoms with Crippen LogP contribution < -0.4 is 22.1 Å². The Labute approximate surface area is 189 Å². The highest BCUT2D eigenvalue weighted by atomic mass is 32.1. The van der Waals surface area contributed by atoms with Crippen LogP contribution in [0.4, 0.5) is 0 Å². The van der Waals surface area contributed by atoms with Crippen LogP contribution in [-0.2, 0) is 30.4 Å². The number of carboxylic acid groups (broad SMARTS) is 1. The van der Waals surface area contributed by atoms with Crippen LogP contribution in [0.1, 0.15) is 25.0 Å². The number of rotatable bonds is 11. The number of likely N-dealkylation sites (tertiary alicyclic amines) is 1. The van der Waals surface area contributed by atoms with E-state index in [1.54, 1.807) is 0 Å². The summed E-state index contributed by atoms with van der Waals surface area (Å²) in [5, 5.41) is 14.3. The van der Waals surface area contributed by atoms with Crippen LogP contribution in [0.15, 0.2) is 12.5 Å². The summed E-state index contributed by atoms with van der Waals surface area (Å²) in [5.41, 5.74) is 11.4. The molecule has 4 unspecified atom stereocenters. The molecule has 14 heteroatoms. The number of primary amides is 1. The summed E-state index contributed by atoms with van der Waals surface area (Å²) in [5.74, 6) is -4.14. The van der Waals surface area contributed by atoms with Crippen molar-refractivity contribution in [1.82, 2.24) is 25.5 Å². The standard InChI is InChI=1S/C18H27N7O6S/c19-10(7-32)15(27)23-11(4-9-6-21-8-22-9)16(28)24-12(5-14(20)26)17(29)25-3-1-2-13(25)18(30)31/h6,8,10-13,32H,1-5,7,19H2,(H2,20,26)(H,21,22)(H,23,27)(H,24,28)(H,30,31). The third-order valence-corrected chi connectivity index (χ3v) is 5.38. The number of aromatic nitrogens is 2. The average molecular weight is 470 g/mol. The lowest BCUT2D eigenvalue weighted by molar-refractivity contribution is -0.149. The van der Waals surface area contributed by atoms with Gasteiger partial charge >= 0.3 is 5.97 Å². The molecular weight excluding hydrogens is 442 g/mol. The number of amides is 4. The second kappa shape index (κ2) is 11.5. The van der Waals surface area contributed by atoms with Gasteiger partial charge in [-0.25, -0.2) is 9.78 Å². The minimum absolute atomic E-state index is 0.00415. The first kappa shape index (κ1) is 25.1. The van der Waals surface area contributed by atoms with Crippen molar-refractivity contribution in [2.45, 2.75) is 49.9 Å². The third kappa shape index (κ3) is 6.68. The van der Waals surface area contributed by atoms with Gasteiger partial charge in [-0.1, -0.05) is 0 Å². The van der Waals surface area contributed by atoms with Gasteiger partial charge in [-0.15, -0.1) is 0 Å². The Bertz CT molecular complexity index is 849. The molecule has 1 aromatic heterocycles. The van der Waals surface area contributed by atoms with E-state index in [0.29, 0.717) is 12.1 Å². The summed E-state index contributed by atoms with van der Waals surface area (Å²) in [6, 6.07) is -4.58. The number of carboxylic acids is 1. The number of imidazole rings is 1. The predicted molar refractivity (Wildman–Crippen MR) is 114 cm³/mol. The minimum Gasteiger partial charge on any atom is -0.480 e. The van der Waals surface area contributed by atoms with Crippen LogP contribution in [-0.4, -0.2) is 86.0 Å². The molecule has 1 aromatic rings. The van der Waals surface area contributed by atoms with E-state index in [0.717, 1.165) is 4.90 Å². The summed E-state index contributed by atoms with van der Waals surface area (Å²) < 4.78 is 0. The molecule has 0 radical (unpaired) electrons. The number of carbonyl (C=O) groups is 5. The van der Waals surface area contributed by atoms with Gasteiger partial charge in [0.15, 0.2) is 0 Å². The van der Waals surface area contributed by atoms with E-state index in [1.165, 1.54) is 12.5 Å². The molecule has 0 saturated carbocycles. The number of nitrogens with zero attached hydrogens (tertiary/aromatic N) is 2. The van der Waals surface area contributed by atoms with Crippen molar-refractivity contribution in [3.8, 4) is 0 Å². The van der Waals surface area contributed by atoms with E-state index in [2.05, 4.69) is 33.2 Å². The van der Waals surface area contributed by atoms with Gasteiger partial charge in [0, 0.05) is 30.6 Å². The summed E-state index contributed by atoms with van der Waals surface area (Å²) >= 11 is 3.96. The highest BCUT2D eigenvalue weighted by molar-refractivity contribution is 7.80. The highest BCUT2D eigenvalue weighted by Crippen LogP contribution is 2.19. The molecule has 13 nitrogen and oxygen atoms in total. The van der Waals surface area contributed by atoms with Crippen molar-refractivity contribution < 1.29 is 29.1 Å². The molecule has 8 N–H and O–H groups in total. The molecule has 1 fully saturated rings. The molecule has 4 atom stereocenters. The van der Waals surface area contributed by atoms with Gasteiger partial charge in [-0.3, -0.25) is 19.2 Å². The number of hydrogen-bond donors (Lipinski definition) is 7. The van der Waals surface area contributed by atoms with E-state index < -0.39 is 60.2 Å². The maximum atomic E-state index is 13.0. The Hall–Kier alpha value is -3.13. The second-order valence-corrected chi connectivity index (χ2v) is 7.76. The largest absolute Gasteiger partial charge is 0.480 e. The molecule has 2 rings (SSSR count). The van der Waals surface area contributed by atoms with E-state index in [9.17, 15) is 29.1 Å². The van der Waals surface area contributed by atoms with Crippen LogP contribution in [0.2, 0.25) is 0 Å². The molecule has 0 spiro atoms. The molecule has 0 bridgehead atoms. The van der Waals surface area contributed by atoms with Crippen molar-refractivity contribution in [3.63, 3.8) is 0 Å². The molecule has 32 heavy (non-hydrogen) atoms. The number of nitrogens with two attached hydrogens (primary N) is 2. The van der Waals surface area contributed by atoms with E-state index >= 15 is 0 Å². The predicted octanol–water partition coefficient (Wildman–Crippen LogP) is -2.87. The van der Waals surface area contributed by atoms with Crippen molar-refractivity contribution >= 4 is 42.2 Å². The minimum atomic E-state index is -1.39. The Morgan fingerprint density at radius 1 is 1.25 bits per heavy atom. The number of nitrogens with one attached hydrogen (secondary N) is 3. The zero-order valence-corrected chi connectivity index (χ0v) is 18.1. The van der Waals surface area contributed by atoms with Gasteiger partial charge in [-0.2, -0.15) is 12.6 Å². The lowest BCUT2D eigenvalue weighted by atomic mass is 10.1. The first-order valence-electron chi connectivity index (χ1n) is 9.90. The number of H-pyrrole nitrogens is 1. The number of carbonyl (C=O) groups excluding carboxylic acids is 4. The Morgan fingerprint density at radius 3 is 2.50 bits per heavy atom. The fourth-order valence-corrected chi connectivity index (χ4v) is 3.51. The van der Waals surface area contributed by atoms with Crippen molar-refractivity contribution in [2.24, 2.45) is 11.5 Å². The molecule has 2 heterocycles. The average Bonchev–Trinajstić information content (AvgIpc) is 3.43. The smallest absolute Gasteiger partial charge is 0.326 e. The molecule has 4 amide bonds. The zero-order chi connectivity index (χ0) is 23.8. The van der Waals surface area contributed by atoms with Crippen LogP contribution >= 0.6 is 12.6 Å². The molecular formula is C18H27N7O6S. The molecule has 0 aliphatic carbocycles. The second-order valence-electron chi connectivity index (χ2n) is 7.39. The highest BCUT2D eigenvalue weighted by Gasteiger charge is 2.39. The molecule has 176 valence electrons. The maximum Gasteiger partial charge on any atom is 0.326 e. The Kier molecular flexibility index (Phi) is 9.02. The maximum absolute atomic E-state index is 13.0. The zero-order valence-electron chi connectivity index (χ0n) is 17.2. The summed E-state index contributed by atoms with van der Waals surface area (Å²) in [6.45, 7) is 0.173. The van der Waals surface area contributed by atoms with Gasteiger partial charge < -0.3 is 37.1 Å². The number of aliphatic carboxylic acids is 1. The fraction of sp³-hybridized carbons (Fsp3) is 0.556. The number of hydrogen-bond acceptors (Lipinski definition) is 8. The van der Waals surface area contributed by atoms with Gasteiger partial charge in [0.25, 0.3) is 0 Å². The fourth-order valence-electron chi connectivity index (χ4n) is 3.35. The number of thiol groups is 1. The van der Waals surface area contributed by atoms with Gasteiger partial charge in [0.2, 0.25) is 23.6 Å². The first-order valence-corrected chi connectivity index (χ1v) is 10.5. The summed E-state index contributed by atoms with van der Waals surface area (Å²) in [7, 11) is 0. The first-order chi connectivity index (χ1) is 15.1. The molecule has 1 aliphatic rings. The summed E-state index contributed by atoms with van der Waals surface area (Å²) in [6.07, 6.45) is 3.05. The quantitative estimate of drug-likeness (QED) is 0.167. The Morgan fingerprint density at radius 2 is 1.94 bits per heavy atom. The van der Waals surface area contributed by atoms with E-state index in [-0.39, 0.29) is 25.1 Å². The van der Waals surface area contributed by atoms with E-state index in [1.807, 2.05) is 0 Å². The van der Waals surface area contributed by atoms with Crippen molar-refractivity contribution in [3.05, 3.63) is 18.2 Å². The topological polar surface area (TPSA) is 214 Å². The normalized spacial score (nSPS) is 18.4. The molecule has 0 aromatic carbocycles. The van der Waals surface area contributed by atoms with Crippen molar-refractivity contribution in [2.75, 3.05) is 12.3 Å². The lowest BCUT2D eigenvalue weighted by Crippen LogP contribution is -2.58. The van der Waals surface area contributed by atoms with Gasteiger partial charge in [0.1, 0.15) is 18.1 Å². The molecule has 1 aliphatic heterocycles. The van der Waals surface area contributed by atoms with Crippen LogP contribution in [0.3, 0.4) is 0 Å². The van der Waals surface area contributed by atoms with Gasteiger partial charge in [0.05, 0.1) is 18.8 Å². The van der Waals surface area contributed by atoms with E-state index in [4.69, 9.17) is 11.5 Å². The molecule has 1 saturated heterocycles. The monoisotopic (exact) mass is 469 g/mol. The van der Waals surface area contributed by atoms with Crippen LogP contribution in [0.5, 0.6) is 0 Å². The van der Waals surface area contributed by atoms with Gasteiger partial charge in [-0.05, 0) is 12.8 Å². The Balaban J connectivity index is 2.20. The summed E-state index contributed by atoms with van der Waals surface area (Å²) in [4.78, 5) is 68.9. The third-order valence-electron chi connectivity index (χ3n) is 4.99. The van der Waals surface area contributed by atoms with Crippen molar-refractivity contribution in [1.29, 1.82) is 0 Å². The van der Waals surface area contributed by atoms with Crippen LogP contribution in [0, 0.1) is 0 Å². The SMILES string of the molecule is NC(=O)CC(NC(=O)C(Cc1cnc[nH]1)NC(=O)C(N)CS)C(=O)N1CCCC1C(=O)O.